The van der Waals surface area contributed by atoms with Crippen molar-refractivity contribution in [2.45, 2.75) is 13.8 Å². The van der Waals surface area contributed by atoms with Crippen LogP contribution in [0.1, 0.15) is 21.6 Å². The molecule has 7 heteroatoms. The van der Waals surface area contributed by atoms with E-state index >= 15 is 0 Å². The Kier molecular flexibility index (Phi) is 4.99. The zero-order valence-corrected chi connectivity index (χ0v) is 15.2. The molecule has 0 unspecified atom stereocenters. The Bertz CT molecular complexity index is 965. The van der Waals surface area contributed by atoms with Crippen LogP contribution in [0.3, 0.4) is 0 Å². The normalized spacial score (nSPS) is 10.7. The number of rotatable bonds is 4. The number of thiazole rings is 1. The van der Waals surface area contributed by atoms with E-state index < -0.39 is 23.1 Å². The summed E-state index contributed by atoms with van der Waals surface area (Å²) in [5, 5.41) is 2.74. The van der Waals surface area contributed by atoms with E-state index in [1.807, 2.05) is 25.1 Å². The molecule has 3 aromatic rings. The summed E-state index contributed by atoms with van der Waals surface area (Å²) >= 11 is 1.23. The minimum atomic E-state index is -0.917. The molecule has 0 saturated carbocycles. The summed E-state index contributed by atoms with van der Waals surface area (Å²) in [5.41, 5.74) is 1.96. The minimum Gasteiger partial charge on any atom is -0.496 e. The van der Waals surface area contributed by atoms with Crippen molar-refractivity contribution in [3.8, 4) is 16.2 Å². The number of hydrogen-bond donors (Lipinski definition) is 1. The van der Waals surface area contributed by atoms with Gasteiger partial charge in [0.2, 0.25) is 0 Å². The van der Waals surface area contributed by atoms with Gasteiger partial charge in [0.1, 0.15) is 22.9 Å². The average molecular weight is 374 g/mol. The van der Waals surface area contributed by atoms with Crippen LogP contribution in [0, 0.1) is 25.5 Å². The molecule has 0 radical (unpaired) electrons. The Morgan fingerprint density at radius 1 is 1.15 bits per heavy atom. The molecular weight excluding hydrogens is 358 g/mol. The smallest absolute Gasteiger partial charge is 0.263 e. The van der Waals surface area contributed by atoms with Gasteiger partial charge in [-0.3, -0.25) is 10.1 Å². The summed E-state index contributed by atoms with van der Waals surface area (Å²) in [7, 11) is 1.60. The molecule has 0 fully saturated rings. The molecule has 0 aliphatic rings. The molecular formula is C19H16F2N2O2S. The molecule has 1 amide bonds. The quantitative estimate of drug-likeness (QED) is 0.702. The topological polar surface area (TPSA) is 51.2 Å². The Hall–Kier alpha value is -2.80. The zero-order valence-electron chi connectivity index (χ0n) is 14.4. The SMILES string of the molecule is COc1cc(-c2sc(NC(=O)c3c(F)cccc3F)nc2C)ccc1C. The molecule has 0 aliphatic carbocycles. The fourth-order valence-corrected chi connectivity index (χ4v) is 3.51. The first-order valence-electron chi connectivity index (χ1n) is 7.78. The van der Waals surface area contributed by atoms with Crippen molar-refractivity contribution in [1.29, 1.82) is 0 Å². The van der Waals surface area contributed by atoms with Gasteiger partial charge in [-0.05, 0) is 43.2 Å². The van der Waals surface area contributed by atoms with Gasteiger partial charge < -0.3 is 4.74 Å². The fourth-order valence-electron chi connectivity index (χ4n) is 2.55. The van der Waals surface area contributed by atoms with E-state index in [-0.39, 0.29) is 5.13 Å². The van der Waals surface area contributed by atoms with Gasteiger partial charge in [-0.15, -0.1) is 0 Å². The number of aromatic nitrogens is 1. The van der Waals surface area contributed by atoms with Crippen molar-refractivity contribution < 1.29 is 18.3 Å². The summed E-state index contributed by atoms with van der Waals surface area (Å²) in [6, 6.07) is 9.03. The molecule has 0 bridgehead atoms. The van der Waals surface area contributed by atoms with Crippen LogP contribution in [0.25, 0.3) is 10.4 Å². The van der Waals surface area contributed by atoms with E-state index in [2.05, 4.69) is 10.3 Å². The van der Waals surface area contributed by atoms with Crippen molar-refractivity contribution in [3.05, 3.63) is 64.9 Å². The molecule has 26 heavy (non-hydrogen) atoms. The molecule has 0 atom stereocenters. The van der Waals surface area contributed by atoms with Crippen LogP contribution in [0.5, 0.6) is 5.75 Å². The molecule has 0 aliphatic heterocycles. The summed E-state index contributed by atoms with van der Waals surface area (Å²) in [6.07, 6.45) is 0. The Morgan fingerprint density at radius 3 is 2.50 bits per heavy atom. The molecule has 4 nitrogen and oxygen atoms in total. The maximum atomic E-state index is 13.7. The molecule has 2 aromatic carbocycles. The van der Waals surface area contributed by atoms with Crippen LogP contribution >= 0.6 is 11.3 Å². The van der Waals surface area contributed by atoms with E-state index in [0.29, 0.717) is 5.69 Å². The highest BCUT2D eigenvalue weighted by Crippen LogP contribution is 2.35. The van der Waals surface area contributed by atoms with E-state index in [4.69, 9.17) is 4.74 Å². The van der Waals surface area contributed by atoms with Crippen LogP contribution in [-0.2, 0) is 0 Å². The van der Waals surface area contributed by atoms with E-state index in [1.54, 1.807) is 14.0 Å². The number of carbonyl (C=O) groups is 1. The summed E-state index contributed by atoms with van der Waals surface area (Å²) in [6.45, 7) is 3.74. The zero-order chi connectivity index (χ0) is 18.8. The lowest BCUT2D eigenvalue weighted by molar-refractivity contribution is 0.101. The van der Waals surface area contributed by atoms with E-state index in [1.165, 1.54) is 17.4 Å². The molecule has 1 N–H and O–H groups in total. The van der Waals surface area contributed by atoms with Crippen LogP contribution in [0.4, 0.5) is 13.9 Å². The van der Waals surface area contributed by atoms with Gasteiger partial charge in [0, 0.05) is 0 Å². The third-order valence-corrected chi connectivity index (χ3v) is 5.00. The predicted molar refractivity (Wildman–Crippen MR) is 97.9 cm³/mol. The number of methoxy groups -OCH3 is 1. The number of anilines is 1. The largest absolute Gasteiger partial charge is 0.496 e. The summed E-state index contributed by atoms with van der Waals surface area (Å²) in [4.78, 5) is 17.3. The summed E-state index contributed by atoms with van der Waals surface area (Å²) in [5.74, 6) is -1.96. The lowest BCUT2D eigenvalue weighted by atomic mass is 10.1. The number of carbonyl (C=O) groups excluding carboxylic acids is 1. The molecule has 0 saturated heterocycles. The Morgan fingerprint density at radius 2 is 1.85 bits per heavy atom. The first-order chi connectivity index (χ1) is 12.4. The van der Waals surface area contributed by atoms with Crippen molar-refractivity contribution in [2.24, 2.45) is 0 Å². The minimum absolute atomic E-state index is 0.268. The molecule has 1 aromatic heterocycles. The Labute approximate surface area is 153 Å². The lowest BCUT2D eigenvalue weighted by Gasteiger charge is -2.06. The van der Waals surface area contributed by atoms with Crippen LogP contribution < -0.4 is 10.1 Å². The first kappa shape index (κ1) is 18.0. The first-order valence-corrected chi connectivity index (χ1v) is 8.60. The van der Waals surface area contributed by atoms with Crippen LogP contribution in [0.2, 0.25) is 0 Å². The van der Waals surface area contributed by atoms with Crippen molar-refractivity contribution in [2.75, 3.05) is 12.4 Å². The number of amides is 1. The van der Waals surface area contributed by atoms with Crippen LogP contribution in [-0.4, -0.2) is 18.0 Å². The molecule has 3 rings (SSSR count). The highest BCUT2D eigenvalue weighted by molar-refractivity contribution is 7.19. The standard InChI is InChI=1S/C19H16F2N2O2S/c1-10-7-8-12(9-15(10)25-3)17-11(2)22-19(26-17)23-18(24)16-13(20)5-4-6-14(16)21/h4-9H,1-3H3,(H,22,23,24). The number of nitrogens with zero attached hydrogens (tertiary/aromatic N) is 1. The van der Waals surface area contributed by atoms with Gasteiger partial charge >= 0.3 is 0 Å². The van der Waals surface area contributed by atoms with Gasteiger partial charge in [-0.1, -0.05) is 29.5 Å². The van der Waals surface area contributed by atoms with Crippen molar-refractivity contribution >= 4 is 22.4 Å². The second kappa shape index (κ2) is 7.21. The molecule has 134 valence electrons. The average Bonchev–Trinajstić information content (AvgIpc) is 2.95. The highest BCUT2D eigenvalue weighted by atomic mass is 32.1. The van der Waals surface area contributed by atoms with E-state index in [9.17, 15) is 13.6 Å². The van der Waals surface area contributed by atoms with Crippen LogP contribution in [0.15, 0.2) is 36.4 Å². The molecule has 1 heterocycles. The Balaban J connectivity index is 1.90. The second-order valence-electron chi connectivity index (χ2n) is 5.67. The highest BCUT2D eigenvalue weighted by Gasteiger charge is 2.19. The number of hydrogen-bond acceptors (Lipinski definition) is 4. The number of ether oxygens (including phenoxy) is 1. The number of aryl methyl sites for hydroxylation is 2. The fraction of sp³-hybridized carbons (Fsp3) is 0.158. The lowest BCUT2D eigenvalue weighted by Crippen LogP contribution is -2.15. The van der Waals surface area contributed by atoms with Gasteiger partial charge in [-0.25, -0.2) is 13.8 Å². The number of nitrogens with one attached hydrogen (secondary N) is 1. The monoisotopic (exact) mass is 374 g/mol. The third kappa shape index (κ3) is 3.43. The maximum absolute atomic E-state index is 13.7. The summed E-state index contributed by atoms with van der Waals surface area (Å²) < 4.78 is 32.8. The number of halogens is 2. The second-order valence-corrected chi connectivity index (χ2v) is 6.67. The van der Waals surface area contributed by atoms with Crippen molar-refractivity contribution in [3.63, 3.8) is 0 Å². The predicted octanol–water partition coefficient (Wildman–Crippen LogP) is 4.97. The van der Waals surface area contributed by atoms with Gasteiger partial charge in [-0.2, -0.15) is 0 Å². The van der Waals surface area contributed by atoms with Gasteiger partial charge in [0.15, 0.2) is 5.13 Å². The van der Waals surface area contributed by atoms with E-state index in [0.717, 1.165) is 33.9 Å². The number of benzene rings is 2. The van der Waals surface area contributed by atoms with Gasteiger partial charge in [0.05, 0.1) is 17.7 Å². The molecule has 0 spiro atoms. The van der Waals surface area contributed by atoms with Gasteiger partial charge in [0.25, 0.3) is 5.91 Å². The maximum Gasteiger partial charge on any atom is 0.263 e. The third-order valence-electron chi connectivity index (χ3n) is 3.88. The van der Waals surface area contributed by atoms with Crippen molar-refractivity contribution in [1.82, 2.24) is 4.98 Å².